The number of rotatable bonds is 7. The first kappa shape index (κ1) is 25.7. The monoisotopic (exact) mass is 539 g/mol. The van der Waals surface area contributed by atoms with E-state index in [1.165, 1.54) is 12.1 Å². The van der Waals surface area contributed by atoms with Crippen LogP contribution in [0.2, 0.25) is 0 Å². The molecule has 1 amide bonds. The lowest BCUT2D eigenvalue weighted by Gasteiger charge is -2.09. The zero-order chi connectivity index (χ0) is 28.3. The highest BCUT2D eigenvalue weighted by molar-refractivity contribution is 5.99. The Morgan fingerprint density at radius 3 is 2.54 bits per heavy atom. The number of carbonyl (C=O) groups excluding carboxylic acids is 1. The summed E-state index contributed by atoms with van der Waals surface area (Å²) in [6.45, 7) is 5.82. The van der Waals surface area contributed by atoms with Crippen molar-refractivity contribution in [3.8, 4) is 22.6 Å². The second-order valence-corrected chi connectivity index (χ2v) is 9.50. The maximum absolute atomic E-state index is 14.0. The van der Waals surface area contributed by atoms with Crippen molar-refractivity contribution in [2.45, 2.75) is 6.92 Å². The molecule has 4 aromatic carbocycles. The molecule has 0 aliphatic rings. The van der Waals surface area contributed by atoms with Crippen molar-refractivity contribution in [1.29, 1.82) is 0 Å². The van der Waals surface area contributed by atoms with Crippen molar-refractivity contribution in [1.82, 2.24) is 25.5 Å². The van der Waals surface area contributed by atoms with Gasteiger partial charge in [-0.3, -0.25) is 9.89 Å². The Labute approximate surface area is 236 Å². The summed E-state index contributed by atoms with van der Waals surface area (Å²) in [7, 11) is 0. The third kappa shape index (κ3) is 5.08. The van der Waals surface area contributed by atoms with Gasteiger partial charge in [0, 0.05) is 22.2 Å². The fourth-order valence-corrected chi connectivity index (χ4v) is 4.85. The summed E-state index contributed by atoms with van der Waals surface area (Å²) in [6, 6.07) is 27.3. The van der Waals surface area contributed by atoms with E-state index in [9.17, 15) is 9.18 Å². The molecule has 6 rings (SSSR count). The van der Waals surface area contributed by atoms with Crippen molar-refractivity contribution in [3.05, 3.63) is 138 Å². The van der Waals surface area contributed by atoms with Gasteiger partial charge in [-0.2, -0.15) is 5.10 Å². The van der Waals surface area contributed by atoms with E-state index in [2.05, 4.69) is 27.1 Å². The van der Waals surface area contributed by atoms with E-state index in [1.807, 2.05) is 79.7 Å². The molecule has 0 aliphatic heterocycles. The first-order valence-corrected chi connectivity index (χ1v) is 13.1. The smallest absolute Gasteiger partial charge is 0.255 e. The number of H-pyrrole nitrogens is 2. The van der Waals surface area contributed by atoms with Crippen molar-refractivity contribution in [3.63, 3.8) is 0 Å². The molecular formula is C34H26FN5O. The Morgan fingerprint density at radius 2 is 1.76 bits per heavy atom. The highest BCUT2D eigenvalue weighted by Crippen LogP contribution is 2.33. The van der Waals surface area contributed by atoms with Crippen LogP contribution in [0.15, 0.2) is 121 Å². The Morgan fingerprint density at radius 1 is 0.927 bits per heavy atom. The molecule has 200 valence electrons. The standard InChI is InChI=1S/C34H26FN5O/c1-3-21(19-26(4-2)36-34(41)22-10-6-5-7-11-22)23-16-17-29-28(20-23)32(40-39-29)33-37-30-15-9-14-27(31(30)38-33)24-12-8-13-25(35)18-24/h3-20H,2H2,1H3,(H,36,41)(H,37,38)(H,39,40)/b21-3+,26-19+. The third-order valence-electron chi connectivity index (χ3n) is 6.90. The van der Waals surface area contributed by atoms with Crippen LogP contribution >= 0.6 is 0 Å². The molecule has 0 aliphatic carbocycles. The summed E-state index contributed by atoms with van der Waals surface area (Å²) in [6.07, 6.45) is 5.49. The molecule has 0 atom stereocenters. The number of amides is 1. The molecule has 0 fully saturated rings. The van der Waals surface area contributed by atoms with Gasteiger partial charge in [0.1, 0.15) is 11.5 Å². The molecule has 2 aromatic heterocycles. The number of imidazole rings is 1. The summed E-state index contributed by atoms with van der Waals surface area (Å²) in [4.78, 5) is 21.0. The van der Waals surface area contributed by atoms with Crippen molar-refractivity contribution in [2.75, 3.05) is 0 Å². The summed E-state index contributed by atoms with van der Waals surface area (Å²) in [5.41, 5.74) is 7.68. The molecular weight excluding hydrogens is 513 g/mol. The van der Waals surface area contributed by atoms with Gasteiger partial charge in [-0.15, -0.1) is 0 Å². The molecule has 0 radical (unpaired) electrons. The van der Waals surface area contributed by atoms with Crippen LogP contribution in [0.25, 0.3) is 50.2 Å². The Hall–Kier alpha value is -5.56. The van der Waals surface area contributed by atoms with Crippen LogP contribution in [0.3, 0.4) is 0 Å². The van der Waals surface area contributed by atoms with Gasteiger partial charge in [-0.05, 0) is 78.2 Å². The predicted octanol–water partition coefficient (Wildman–Crippen LogP) is 7.82. The van der Waals surface area contributed by atoms with Gasteiger partial charge in [0.15, 0.2) is 5.82 Å². The number of halogens is 1. The van der Waals surface area contributed by atoms with Crippen molar-refractivity contribution >= 4 is 33.4 Å². The topological polar surface area (TPSA) is 86.5 Å². The largest absolute Gasteiger partial charge is 0.337 e. The van der Waals surface area contributed by atoms with Crippen LogP contribution in [-0.2, 0) is 0 Å². The molecule has 6 nitrogen and oxygen atoms in total. The van der Waals surface area contributed by atoms with Crippen LogP contribution in [0, 0.1) is 5.82 Å². The first-order chi connectivity index (χ1) is 20.0. The normalized spacial score (nSPS) is 12.1. The number of aromatic nitrogens is 4. The van der Waals surface area contributed by atoms with E-state index in [-0.39, 0.29) is 11.7 Å². The number of fused-ring (bicyclic) bond motifs is 2. The molecule has 0 bridgehead atoms. The van der Waals surface area contributed by atoms with Crippen molar-refractivity contribution in [2.24, 2.45) is 0 Å². The average molecular weight is 540 g/mol. The lowest BCUT2D eigenvalue weighted by atomic mass is 10.0. The second kappa shape index (κ2) is 10.9. The number of carbonyl (C=O) groups is 1. The minimum absolute atomic E-state index is 0.206. The zero-order valence-electron chi connectivity index (χ0n) is 22.3. The fourth-order valence-electron chi connectivity index (χ4n) is 4.85. The summed E-state index contributed by atoms with van der Waals surface area (Å²) >= 11 is 0. The Bertz CT molecular complexity index is 1980. The van der Waals surface area contributed by atoms with Gasteiger partial charge >= 0.3 is 0 Å². The minimum atomic E-state index is -0.297. The maximum Gasteiger partial charge on any atom is 0.255 e. The molecule has 3 N–H and O–H groups in total. The average Bonchev–Trinajstić information content (AvgIpc) is 3.63. The van der Waals surface area contributed by atoms with Gasteiger partial charge in [0.2, 0.25) is 0 Å². The van der Waals surface area contributed by atoms with Gasteiger partial charge in [0.25, 0.3) is 5.91 Å². The first-order valence-electron chi connectivity index (χ1n) is 13.1. The number of nitrogens with zero attached hydrogens (tertiary/aromatic N) is 2. The van der Waals surface area contributed by atoms with Gasteiger partial charge < -0.3 is 10.3 Å². The van der Waals surface area contributed by atoms with Crippen LogP contribution in [0.4, 0.5) is 4.39 Å². The SMILES string of the molecule is C=C/C(=C\C(=C/C)c1ccc2[nH]nc(-c3nc4c(-c5cccc(F)c5)cccc4[nH]3)c2c1)NC(=O)c1ccccc1. The Kier molecular flexibility index (Phi) is 6.83. The van der Waals surface area contributed by atoms with E-state index >= 15 is 0 Å². The highest BCUT2D eigenvalue weighted by atomic mass is 19.1. The lowest BCUT2D eigenvalue weighted by Crippen LogP contribution is -2.21. The van der Waals surface area contributed by atoms with E-state index < -0.39 is 0 Å². The van der Waals surface area contributed by atoms with Crippen LogP contribution in [0.5, 0.6) is 0 Å². The van der Waals surface area contributed by atoms with Crippen LogP contribution in [0.1, 0.15) is 22.8 Å². The van der Waals surface area contributed by atoms with E-state index in [4.69, 9.17) is 4.98 Å². The molecule has 0 unspecified atom stereocenters. The highest BCUT2D eigenvalue weighted by Gasteiger charge is 2.16. The fraction of sp³-hybridized carbons (Fsp3) is 0.0294. The molecule has 6 aromatic rings. The summed E-state index contributed by atoms with van der Waals surface area (Å²) < 4.78 is 14.0. The van der Waals surface area contributed by atoms with E-state index in [1.54, 1.807) is 24.3 Å². The minimum Gasteiger partial charge on any atom is -0.337 e. The van der Waals surface area contributed by atoms with Crippen LogP contribution < -0.4 is 5.32 Å². The quantitative estimate of drug-likeness (QED) is 0.181. The lowest BCUT2D eigenvalue weighted by molar-refractivity contribution is 0.0967. The summed E-state index contributed by atoms with van der Waals surface area (Å²) in [5, 5.41) is 11.5. The number of hydrogen-bond donors (Lipinski definition) is 3. The number of para-hydroxylation sites is 1. The van der Waals surface area contributed by atoms with Crippen LogP contribution in [-0.4, -0.2) is 26.1 Å². The van der Waals surface area contributed by atoms with Crippen molar-refractivity contribution < 1.29 is 9.18 Å². The number of hydrogen-bond acceptors (Lipinski definition) is 3. The van der Waals surface area contributed by atoms with E-state index in [0.29, 0.717) is 22.8 Å². The van der Waals surface area contributed by atoms with Gasteiger partial charge in [0.05, 0.1) is 16.6 Å². The zero-order valence-corrected chi connectivity index (χ0v) is 22.3. The molecule has 7 heteroatoms. The molecule has 2 heterocycles. The molecule has 0 spiro atoms. The molecule has 41 heavy (non-hydrogen) atoms. The van der Waals surface area contributed by atoms with E-state index in [0.717, 1.165) is 44.2 Å². The number of benzene rings is 4. The van der Waals surface area contributed by atoms with Gasteiger partial charge in [-0.1, -0.05) is 61.2 Å². The molecule has 0 saturated carbocycles. The molecule has 0 saturated heterocycles. The number of aromatic amines is 2. The number of nitrogens with one attached hydrogen (secondary N) is 3. The Balaban J connectivity index is 1.36. The van der Waals surface area contributed by atoms with Gasteiger partial charge in [-0.25, -0.2) is 9.37 Å². The number of allylic oxidation sites excluding steroid dienone is 4. The summed E-state index contributed by atoms with van der Waals surface area (Å²) in [5.74, 6) is 0.100. The maximum atomic E-state index is 14.0. The second-order valence-electron chi connectivity index (χ2n) is 9.50. The third-order valence-corrected chi connectivity index (χ3v) is 6.90. The predicted molar refractivity (Wildman–Crippen MR) is 162 cm³/mol.